The van der Waals surface area contributed by atoms with Crippen LogP contribution in [0.2, 0.25) is 0 Å². The van der Waals surface area contributed by atoms with Crippen molar-refractivity contribution in [1.29, 1.82) is 0 Å². The largest absolute Gasteiger partial charge is 0.463 e. The van der Waals surface area contributed by atoms with Gasteiger partial charge >= 0.3 is 24.0 Å². The molecular formula is C49H61F3N8O8. The van der Waals surface area contributed by atoms with Crippen molar-refractivity contribution in [2.24, 2.45) is 5.92 Å². The molecule has 68 heavy (non-hydrogen) atoms. The van der Waals surface area contributed by atoms with Gasteiger partial charge in [-0.25, -0.2) is 28.2 Å². The van der Waals surface area contributed by atoms with E-state index in [1.165, 1.54) is 31.3 Å². The second-order valence-electron chi connectivity index (χ2n) is 19.1. The molecule has 2 aliphatic rings. The molecule has 0 bridgehead atoms. The lowest BCUT2D eigenvalue weighted by molar-refractivity contribution is -0.160. The number of nitrogens with one attached hydrogen (secondary N) is 4. The van der Waals surface area contributed by atoms with Crippen LogP contribution in [0.3, 0.4) is 0 Å². The van der Waals surface area contributed by atoms with Crippen molar-refractivity contribution in [3.05, 3.63) is 47.7 Å². The topological polar surface area (TPSA) is 195 Å². The van der Waals surface area contributed by atoms with Crippen molar-refractivity contribution in [2.75, 3.05) is 37.8 Å². The molecule has 4 aromatic rings. The smallest absolute Gasteiger partial charge is 0.413 e. The number of fused-ring (bicyclic) bond motifs is 2. The minimum absolute atomic E-state index is 0.0409. The van der Waals surface area contributed by atoms with Crippen LogP contribution in [0.1, 0.15) is 105 Å². The Hall–Kier alpha value is -6.26. The fourth-order valence-electron chi connectivity index (χ4n) is 7.96. The lowest BCUT2D eigenvalue weighted by Gasteiger charge is -2.26. The van der Waals surface area contributed by atoms with Crippen LogP contribution in [0.15, 0.2) is 30.5 Å². The van der Waals surface area contributed by atoms with Crippen LogP contribution in [-0.4, -0.2) is 101 Å². The zero-order valence-corrected chi connectivity index (χ0v) is 39.7. The first-order chi connectivity index (χ1) is 32.2. The number of nitrogens with zero attached hydrogens (tertiary/aromatic N) is 4. The van der Waals surface area contributed by atoms with Gasteiger partial charge in [0.1, 0.15) is 52.2 Å². The molecule has 4 N–H and O–H groups in total. The fourth-order valence-corrected chi connectivity index (χ4v) is 7.96. The first-order valence-electron chi connectivity index (χ1n) is 23.0. The Morgan fingerprint density at radius 2 is 1.75 bits per heavy atom. The van der Waals surface area contributed by atoms with E-state index in [0.717, 1.165) is 31.7 Å². The molecule has 4 atom stereocenters. The summed E-state index contributed by atoms with van der Waals surface area (Å²) in [7, 11) is 0. The first-order valence-corrected chi connectivity index (χ1v) is 23.0. The molecule has 2 saturated heterocycles. The highest BCUT2D eigenvalue weighted by atomic mass is 19.1. The predicted octanol–water partition coefficient (Wildman–Crippen LogP) is 7.13. The summed E-state index contributed by atoms with van der Waals surface area (Å²) in [6, 6.07) is 2.48. The van der Waals surface area contributed by atoms with Crippen molar-refractivity contribution in [2.45, 2.75) is 129 Å². The van der Waals surface area contributed by atoms with Gasteiger partial charge in [-0.2, -0.15) is 9.97 Å². The summed E-state index contributed by atoms with van der Waals surface area (Å²) in [6.45, 7) is 13.6. The maximum absolute atomic E-state index is 17.4. The number of carbonyl (C=O) groups excluding carboxylic acids is 4. The van der Waals surface area contributed by atoms with Crippen LogP contribution in [0.25, 0.3) is 32.9 Å². The third-order valence-electron chi connectivity index (χ3n) is 11.1. The van der Waals surface area contributed by atoms with Gasteiger partial charge in [0.05, 0.1) is 17.6 Å². The van der Waals surface area contributed by atoms with Crippen LogP contribution in [0.5, 0.6) is 11.8 Å². The van der Waals surface area contributed by atoms with Crippen LogP contribution in [0.4, 0.5) is 23.8 Å². The number of rotatable bonds is 13. The number of halogens is 3. The highest BCUT2D eigenvalue weighted by Gasteiger charge is 2.31. The van der Waals surface area contributed by atoms with Crippen molar-refractivity contribution in [3.63, 3.8) is 0 Å². The predicted molar refractivity (Wildman–Crippen MR) is 249 cm³/mol. The van der Waals surface area contributed by atoms with E-state index in [0.29, 0.717) is 31.9 Å². The SMILES string of the molecule is C#Cc1c(F)ccc2cc(OC(=O)N[C@@H](C)C(=O)N[C@@H](CCC(=O)OC(C)(C)C)C(=O)OC(C)(C)C)cc(-c3ncc4c(N5CCCCCN5)nc(OC[C@@H]5CCCNC[C@H](F)C5)nc4c3F)c12. The number of hydrazine groups is 1. The van der Waals surface area contributed by atoms with E-state index in [4.69, 9.17) is 30.4 Å². The zero-order valence-electron chi connectivity index (χ0n) is 39.7. The van der Waals surface area contributed by atoms with E-state index in [2.05, 4.69) is 37.3 Å². The molecule has 366 valence electrons. The molecule has 0 spiro atoms. The molecule has 2 fully saturated rings. The summed E-state index contributed by atoms with van der Waals surface area (Å²) in [4.78, 5) is 66.2. The van der Waals surface area contributed by atoms with Crippen LogP contribution >= 0.6 is 0 Å². The first kappa shape index (κ1) is 51.1. The van der Waals surface area contributed by atoms with Crippen molar-refractivity contribution in [3.8, 4) is 35.4 Å². The van der Waals surface area contributed by atoms with E-state index in [9.17, 15) is 23.6 Å². The quantitative estimate of drug-likeness (QED) is 0.0781. The van der Waals surface area contributed by atoms with Crippen LogP contribution < -0.4 is 35.9 Å². The molecule has 2 aromatic carbocycles. The van der Waals surface area contributed by atoms with E-state index < -0.39 is 65.0 Å². The maximum atomic E-state index is 17.4. The average Bonchev–Trinajstić information content (AvgIpc) is 3.54. The molecule has 0 saturated carbocycles. The van der Waals surface area contributed by atoms with Gasteiger partial charge in [-0.1, -0.05) is 18.4 Å². The number of hydrogen-bond donors (Lipinski definition) is 4. The number of terminal acetylenes is 1. The molecule has 2 aliphatic heterocycles. The minimum Gasteiger partial charge on any atom is -0.463 e. The second-order valence-corrected chi connectivity index (χ2v) is 19.1. The zero-order chi connectivity index (χ0) is 49.3. The summed E-state index contributed by atoms with van der Waals surface area (Å²) in [5.41, 5.74) is 0.931. The number of esters is 2. The third-order valence-corrected chi connectivity index (χ3v) is 11.1. The number of ether oxygens (including phenoxy) is 4. The number of pyridine rings is 1. The van der Waals surface area contributed by atoms with Crippen molar-refractivity contribution < 1.29 is 51.3 Å². The van der Waals surface area contributed by atoms with Crippen molar-refractivity contribution >= 4 is 51.4 Å². The van der Waals surface area contributed by atoms with Gasteiger partial charge in [0.25, 0.3) is 0 Å². The Balaban J connectivity index is 1.31. The van der Waals surface area contributed by atoms with E-state index in [1.807, 2.05) is 0 Å². The Labute approximate surface area is 394 Å². The number of aromatic nitrogens is 3. The number of amides is 2. The van der Waals surface area contributed by atoms with Crippen LogP contribution in [0, 0.1) is 29.9 Å². The fraction of sp³-hybridized carbons (Fsp3) is 0.531. The molecule has 6 rings (SSSR count). The number of alkyl halides is 1. The highest BCUT2D eigenvalue weighted by Crippen LogP contribution is 2.39. The molecule has 2 amide bonds. The molecule has 16 nitrogen and oxygen atoms in total. The lowest BCUT2D eigenvalue weighted by atomic mass is 9.95. The lowest BCUT2D eigenvalue weighted by Crippen LogP contribution is -2.52. The van der Waals surface area contributed by atoms with Gasteiger partial charge in [-0.15, -0.1) is 6.42 Å². The molecule has 0 aliphatic carbocycles. The summed E-state index contributed by atoms with van der Waals surface area (Å²) >= 11 is 0. The number of carbonyl (C=O) groups is 4. The van der Waals surface area contributed by atoms with Gasteiger partial charge in [0, 0.05) is 43.2 Å². The van der Waals surface area contributed by atoms with Gasteiger partial charge < -0.3 is 34.9 Å². The van der Waals surface area contributed by atoms with Gasteiger partial charge in [-0.05, 0) is 123 Å². The summed E-state index contributed by atoms with van der Waals surface area (Å²) in [6.07, 6.45) is 9.20. The average molecular weight is 947 g/mol. The number of hydrogen-bond acceptors (Lipinski definition) is 14. The monoisotopic (exact) mass is 946 g/mol. The van der Waals surface area contributed by atoms with Gasteiger partial charge in [-0.3, -0.25) is 19.6 Å². The molecule has 0 radical (unpaired) electrons. The molecule has 4 heterocycles. The highest BCUT2D eigenvalue weighted by molar-refractivity contribution is 6.03. The Bertz CT molecular complexity index is 2530. The summed E-state index contributed by atoms with van der Waals surface area (Å²) in [5, 5.41) is 10.5. The maximum Gasteiger partial charge on any atom is 0.413 e. The second kappa shape index (κ2) is 22.2. The molecular weight excluding hydrogens is 886 g/mol. The van der Waals surface area contributed by atoms with E-state index in [1.54, 1.807) is 46.6 Å². The molecule has 2 aromatic heterocycles. The van der Waals surface area contributed by atoms with Gasteiger partial charge in [0.2, 0.25) is 5.91 Å². The van der Waals surface area contributed by atoms with Crippen LogP contribution in [-0.2, 0) is 23.9 Å². The Morgan fingerprint density at radius 1 is 0.985 bits per heavy atom. The third kappa shape index (κ3) is 13.7. The van der Waals surface area contributed by atoms with E-state index >= 15 is 8.78 Å². The standard InChI is InChI=1S/C49H61F3N8O8/c1-9-33-36(51)16-15-30-23-32(66-47(64)56-28(2)44(62)57-37(45(63)68-49(6,7)8)17-18-38(61)67-48(3,4)5)24-34(39(30)33)41-40(52)42-35(26-54-41)43(60-21-12-10-11-20-55-60)59-46(58-42)65-27-29-14-13-19-53-25-31(50)22-29/h1,15-16,23-24,26,28-29,31,37,53,55H,10-14,17-22,25,27H2,2-8H3,(H,56,64)(H,57,62)/t28-,29+,31+,37-/m0/s1. The summed E-state index contributed by atoms with van der Waals surface area (Å²) in [5.74, 6) is -1.49. The van der Waals surface area contributed by atoms with Gasteiger partial charge in [0.15, 0.2) is 11.6 Å². The Kier molecular flexibility index (Phi) is 16.7. The minimum atomic E-state index is -1.29. The number of anilines is 1. The summed E-state index contributed by atoms with van der Waals surface area (Å²) < 4.78 is 70.0. The Morgan fingerprint density at radius 3 is 2.49 bits per heavy atom. The molecule has 19 heteroatoms. The number of benzene rings is 2. The normalized spacial score (nSPS) is 18.0. The van der Waals surface area contributed by atoms with Crippen molar-refractivity contribution in [1.82, 2.24) is 36.3 Å². The molecule has 0 unspecified atom stereocenters. The van der Waals surface area contributed by atoms with E-state index in [-0.39, 0.29) is 88.6 Å².